The van der Waals surface area contributed by atoms with Gasteiger partial charge in [-0.15, -0.1) is 0 Å². The lowest BCUT2D eigenvalue weighted by Crippen LogP contribution is -2.40. The van der Waals surface area contributed by atoms with Gasteiger partial charge >= 0.3 is 6.18 Å². The second-order valence-electron chi connectivity index (χ2n) is 7.07. The van der Waals surface area contributed by atoms with Crippen LogP contribution in [0.2, 0.25) is 0 Å². The number of nitrogens with zero attached hydrogens (tertiary/aromatic N) is 2. The summed E-state index contributed by atoms with van der Waals surface area (Å²) in [4.78, 5) is 18.9. The summed E-state index contributed by atoms with van der Waals surface area (Å²) in [6.45, 7) is 1.05. The van der Waals surface area contributed by atoms with E-state index in [1.54, 1.807) is 11.0 Å². The quantitative estimate of drug-likeness (QED) is 0.648. The van der Waals surface area contributed by atoms with E-state index in [1.165, 1.54) is 6.07 Å². The average molecular weight is 388 g/mol. The van der Waals surface area contributed by atoms with E-state index in [9.17, 15) is 18.0 Å². The van der Waals surface area contributed by atoms with Gasteiger partial charge in [-0.05, 0) is 36.6 Å². The van der Waals surface area contributed by atoms with Crippen molar-refractivity contribution in [2.75, 3.05) is 13.1 Å². The normalized spacial score (nSPS) is 17.8. The van der Waals surface area contributed by atoms with Gasteiger partial charge in [-0.1, -0.05) is 30.3 Å². The first kappa shape index (κ1) is 18.5. The molecule has 1 aliphatic heterocycles. The molecule has 1 aromatic heterocycles. The molecular formula is C21H19F3N2O2. The predicted octanol–water partition coefficient (Wildman–Crippen LogP) is 4.80. The molecule has 146 valence electrons. The molecule has 1 atom stereocenters. The lowest BCUT2D eigenvalue weighted by atomic mass is 9.97. The molecule has 1 aliphatic rings. The second-order valence-corrected chi connectivity index (χ2v) is 7.07. The molecule has 1 saturated heterocycles. The van der Waals surface area contributed by atoms with E-state index < -0.39 is 11.7 Å². The van der Waals surface area contributed by atoms with Gasteiger partial charge in [0, 0.05) is 13.1 Å². The number of hydrogen-bond acceptors (Lipinski definition) is 3. The van der Waals surface area contributed by atoms with Crippen LogP contribution in [0.1, 0.15) is 35.8 Å². The molecule has 0 radical (unpaired) electrons. The Balaban J connectivity index is 1.46. The van der Waals surface area contributed by atoms with Crippen molar-refractivity contribution in [1.29, 1.82) is 0 Å². The van der Waals surface area contributed by atoms with Crippen molar-refractivity contribution < 1.29 is 22.4 Å². The smallest absolute Gasteiger partial charge is 0.416 e. The minimum atomic E-state index is -4.41. The minimum Gasteiger partial charge on any atom is -0.440 e. The van der Waals surface area contributed by atoms with Crippen LogP contribution in [0.4, 0.5) is 13.2 Å². The van der Waals surface area contributed by atoms with E-state index in [0.29, 0.717) is 30.1 Å². The van der Waals surface area contributed by atoms with E-state index in [0.717, 1.165) is 30.5 Å². The number of amides is 1. The SMILES string of the molecule is O=C(Cc1cccc(C(F)(F)F)c1)N1CCC[C@@H](c2nc3ccccc3o2)C1. The summed E-state index contributed by atoms with van der Waals surface area (Å²) in [6.07, 6.45) is -2.80. The fourth-order valence-corrected chi connectivity index (χ4v) is 3.61. The molecule has 2 aromatic carbocycles. The number of likely N-dealkylation sites (tertiary alicyclic amines) is 1. The van der Waals surface area contributed by atoms with E-state index in [1.807, 2.05) is 24.3 Å². The Morgan fingerprint density at radius 1 is 1.18 bits per heavy atom. The lowest BCUT2D eigenvalue weighted by Gasteiger charge is -2.31. The van der Waals surface area contributed by atoms with Gasteiger partial charge in [0.2, 0.25) is 5.91 Å². The number of oxazole rings is 1. The van der Waals surface area contributed by atoms with Gasteiger partial charge < -0.3 is 9.32 Å². The van der Waals surface area contributed by atoms with Crippen molar-refractivity contribution >= 4 is 17.0 Å². The highest BCUT2D eigenvalue weighted by atomic mass is 19.4. The summed E-state index contributed by atoms with van der Waals surface area (Å²) in [5.41, 5.74) is 1.12. The highest BCUT2D eigenvalue weighted by Crippen LogP contribution is 2.31. The molecule has 0 unspecified atom stereocenters. The Labute approximate surface area is 160 Å². The Kier molecular flexibility index (Phi) is 4.83. The number of alkyl halides is 3. The second kappa shape index (κ2) is 7.30. The van der Waals surface area contributed by atoms with Gasteiger partial charge in [-0.3, -0.25) is 4.79 Å². The topological polar surface area (TPSA) is 46.3 Å². The first-order valence-electron chi connectivity index (χ1n) is 9.19. The third-order valence-corrected chi connectivity index (χ3v) is 5.04. The summed E-state index contributed by atoms with van der Waals surface area (Å²) < 4.78 is 44.5. The summed E-state index contributed by atoms with van der Waals surface area (Å²) in [5, 5.41) is 0. The van der Waals surface area contributed by atoms with Crippen molar-refractivity contribution in [1.82, 2.24) is 9.88 Å². The molecule has 0 N–H and O–H groups in total. The number of rotatable bonds is 3. The van der Waals surface area contributed by atoms with Crippen LogP contribution in [0, 0.1) is 0 Å². The number of benzene rings is 2. The monoisotopic (exact) mass is 388 g/mol. The van der Waals surface area contributed by atoms with Gasteiger partial charge in [0.15, 0.2) is 11.5 Å². The zero-order chi connectivity index (χ0) is 19.7. The van der Waals surface area contributed by atoms with Crippen LogP contribution in [0.25, 0.3) is 11.1 Å². The third kappa shape index (κ3) is 3.88. The van der Waals surface area contributed by atoms with Gasteiger partial charge in [-0.25, -0.2) is 4.98 Å². The van der Waals surface area contributed by atoms with E-state index in [2.05, 4.69) is 4.98 Å². The third-order valence-electron chi connectivity index (χ3n) is 5.04. The largest absolute Gasteiger partial charge is 0.440 e. The molecule has 0 spiro atoms. The number of hydrogen-bond donors (Lipinski definition) is 0. The van der Waals surface area contributed by atoms with E-state index in [4.69, 9.17) is 4.42 Å². The molecule has 4 nitrogen and oxygen atoms in total. The van der Waals surface area contributed by atoms with Crippen LogP contribution in [0.5, 0.6) is 0 Å². The molecule has 0 bridgehead atoms. The number of aromatic nitrogens is 1. The van der Waals surface area contributed by atoms with Crippen molar-refractivity contribution in [2.45, 2.75) is 31.4 Å². The Bertz CT molecular complexity index is 963. The molecule has 0 aliphatic carbocycles. The number of fused-ring (bicyclic) bond motifs is 1. The van der Waals surface area contributed by atoms with Gasteiger partial charge in [-0.2, -0.15) is 13.2 Å². The van der Waals surface area contributed by atoms with Crippen molar-refractivity contribution in [3.8, 4) is 0 Å². The molecule has 1 fully saturated rings. The molecular weight excluding hydrogens is 369 g/mol. The van der Waals surface area contributed by atoms with Gasteiger partial charge in [0.25, 0.3) is 0 Å². The maximum absolute atomic E-state index is 12.9. The zero-order valence-electron chi connectivity index (χ0n) is 15.1. The number of para-hydroxylation sites is 2. The summed E-state index contributed by atoms with van der Waals surface area (Å²) >= 11 is 0. The maximum Gasteiger partial charge on any atom is 0.416 e. The van der Waals surface area contributed by atoms with Crippen LogP contribution in [-0.2, 0) is 17.4 Å². The van der Waals surface area contributed by atoms with E-state index in [-0.39, 0.29) is 18.2 Å². The van der Waals surface area contributed by atoms with Crippen molar-refractivity contribution in [3.63, 3.8) is 0 Å². The molecule has 4 rings (SSSR count). The number of carbonyl (C=O) groups is 1. The standard InChI is InChI=1S/C21H19F3N2O2/c22-21(23,24)16-7-3-5-14(11-16)12-19(27)26-10-4-6-15(13-26)20-25-17-8-1-2-9-18(17)28-20/h1-3,5,7-9,11,15H,4,6,10,12-13H2/t15-/m1/s1. The maximum atomic E-state index is 12.9. The highest BCUT2D eigenvalue weighted by molar-refractivity contribution is 5.79. The molecule has 28 heavy (non-hydrogen) atoms. The first-order valence-corrected chi connectivity index (χ1v) is 9.19. The van der Waals surface area contributed by atoms with Gasteiger partial charge in [0.1, 0.15) is 5.52 Å². The minimum absolute atomic E-state index is 0.00777. The molecule has 0 saturated carbocycles. The van der Waals surface area contributed by atoms with Crippen LogP contribution >= 0.6 is 0 Å². The van der Waals surface area contributed by atoms with E-state index >= 15 is 0 Å². The molecule has 1 amide bonds. The Morgan fingerprint density at radius 3 is 2.79 bits per heavy atom. The Hall–Kier alpha value is -2.83. The van der Waals surface area contributed by atoms with Crippen LogP contribution in [0.15, 0.2) is 52.9 Å². The fraction of sp³-hybridized carbons (Fsp3) is 0.333. The summed E-state index contributed by atoms with van der Waals surface area (Å²) in [7, 11) is 0. The summed E-state index contributed by atoms with van der Waals surface area (Å²) in [5.74, 6) is 0.421. The molecule has 3 aromatic rings. The number of piperidine rings is 1. The average Bonchev–Trinajstić information content (AvgIpc) is 3.12. The highest BCUT2D eigenvalue weighted by Gasteiger charge is 2.31. The van der Waals surface area contributed by atoms with Crippen LogP contribution in [0.3, 0.4) is 0 Å². The zero-order valence-corrected chi connectivity index (χ0v) is 15.1. The first-order chi connectivity index (χ1) is 13.4. The number of carbonyl (C=O) groups excluding carboxylic acids is 1. The number of halogens is 3. The molecule has 2 heterocycles. The van der Waals surface area contributed by atoms with Crippen molar-refractivity contribution in [2.24, 2.45) is 0 Å². The Morgan fingerprint density at radius 2 is 2.00 bits per heavy atom. The van der Waals surface area contributed by atoms with Crippen LogP contribution in [-0.4, -0.2) is 28.9 Å². The lowest BCUT2D eigenvalue weighted by molar-refractivity contribution is -0.138. The fourth-order valence-electron chi connectivity index (χ4n) is 3.61. The summed E-state index contributed by atoms with van der Waals surface area (Å²) in [6, 6.07) is 12.4. The predicted molar refractivity (Wildman–Crippen MR) is 97.7 cm³/mol. The van der Waals surface area contributed by atoms with Crippen LogP contribution < -0.4 is 0 Å². The molecule has 7 heteroatoms. The van der Waals surface area contributed by atoms with Gasteiger partial charge in [0.05, 0.1) is 17.9 Å². The van der Waals surface area contributed by atoms with Crippen molar-refractivity contribution in [3.05, 3.63) is 65.5 Å².